The molecule has 1 saturated heterocycles. The normalized spacial score (nSPS) is 26.6. The maximum Gasteiger partial charge on any atom is 0.254 e. The monoisotopic (exact) mass is 313 g/mol. The number of fused-ring (bicyclic) bond motifs is 2. The average molecular weight is 315 g/mol. The van der Waals surface area contributed by atoms with Gasteiger partial charge in [0.1, 0.15) is 0 Å². The Bertz CT molecular complexity index is 456. The molecular weight excluding hydrogens is 302 g/mol. The predicted molar refractivity (Wildman–Crippen MR) is 71.3 cm³/mol. The van der Waals surface area contributed by atoms with Crippen LogP contribution >= 0.6 is 27.5 Å². The average Bonchev–Trinajstić information content (AvgIpc) is 2.88. The molecular formula is C13H13BrClNO. The zero-order valence-electron chi connectivity index (χ0n) is 9.33. The first-order valence-electron chi connectivity index (χ1n) is 5.90. The molecule has 2 fully saturated rings. The van der Waals surface area contributed by atoms with E-state index in [2.05, 4.69) is 15.9 Å². The van der Waals surface area contributed by atoms with Crippen LogP contribution in [0.3, 0.4) is 0 Å². The second-order valence-electron chi connectivity index (χ2n) is 4.95. The largest absolute Gasteiger partial charge is 0.335 e. The van der Waals surface area contributed by atoms with Crippen molar-refractivity contribution in [2.45, 2.75) is 25.3 Å². The topological polar surface area (TPSA) is 20.3 Å². The van der Waals surface area contributed by atoms with E-state index < -0.39 is 0 Å². The second-order valence-corrected chi connectivity index (χ2v) is 6.30. The molecule has 0 radical (unpaired) electrons. The lowest BCUT2D eigenvalue weighted by Crippen LogP contribution is -2.37. The highest BCUT2D eigenvalue weighted by Gasteiger charge is 2.40. The van der Waals surface area contributed by atoms with Crippen molar-refractivity contribution in [2.24, 2.45) is 5.92 Å². The van der Waals surface area contributed by atoms with Gasteiger partial charge in [0, 0.05) is 27.6 Å². The molecule has 2 unspecified atom stereocenters. The van der Waals surface area contributed by atoms with Crippen LogP contribution in [0, 0.1) is 5.92 Å². The Balaban J connectivity index is 1.86. The minimum atomic E-state index is 0.125. The van der Waals surface area contributed by atoms with E-state index in [9.17, 15) is 4.79 Å². The third-order valence-corrected chi connectivity index (χ3v) is 4.46. The highest BCUT2D eigenvalue weighted by Crippen LogP contribution is 2.38. The smallest absolute Gasteiger partial charge is 0.254 e. The Kier molecular flexibility index (Phi) is 2.91. The Hall–Kier alpha value is -0.540. The van der Waals surface area contributed by atoms with Gasteiger partial charge in [-0.25, -0.2) is 0 Å². The SMILES string of the molecule is O=C(c1cc(Cl)cc(Br)c1)N1CC2CCC1C2. The van der Waals surface area contributed by atoms with E-state index in [1.165, 1.54) is 12.8 Å². The molecule has 1 aromatic rings. The lowest BCUT2D eigenvalue weighted by molar-refractivity contribution is 0.0703. The van der Waals surface area contributed by atoms with Gasteiger partial charge in [0.15, 0.2) is 0 Å². The molecule has 1 aliphatic heterocycles. The van der Waals surface area contributed by atoms with Crippen LogP contribution in [-0.2, 0) is 0 Å². The van der Waals surface area contributed by atoms with Gasteiger partial charge in [0.05, 0.1) is 0 Å². The molecule has 0 spiro atoms. The summed E-state index contributed by atoms with van der Waals surface area (Å²) < 4.78 is 0.859. The zero-order chi connectivity index (χ0) is 12.0. The highest BCUT2D eigenvalue weighted by atomic mass is 79.9. The van der Waals surface area contributed by atoms with Crippen molar-refractivity contribution < 1.29 is 4.79 Å². The first kappa shape index (κ1) is 11.5. The molecule has 1 amide bonds. The number of likely N-dealkylation sites (tertiary alicyclic amines) is 1. The fourth-order valence-electron chi connectivity index (χ4n) is 3.02. The predicted octanol–water partition coefficient (Wildman–Crippen LogP) is 3.73. The van der Waals surface area contributed by atoms with Gasteiger partial charge >= 0.3 is 0 Å². The number of rotatable bonds is 1. The number of carbonyl (C=O) groups excluding carboxylic acids is 1. The maximum atomic E-state index is 12.4. The fourth-order valence-corrected chi connectivity index (χ4v) is 3.88. The summed E-state index contributed by atoms with van der Waals surface area (Å²) in [5.74, 6) is 0.854. The van der Waals surface area contributed by atoms with Crippen molar-refractivity contribution in [2.75, 3.05) is 6.54 Å². The van der Waals surface area contributed by atoms with E-state index in [1.807, 2.05) is 11.0 Å². The standard InChI is InChI=1S/C13H13BrClNO/c14-10-4-9(5-11(15)6-10)13(17)16-7-8-1-2-12(16)3-8/h4-6,8,12H,1-3,7H2. The summed E-state index contributed by atoms with van der Waals surface area (Å²) in [6.45, 7) is 0.924. The Morgan fingerprint density at radius 1 is 1.35 bits per heavy atom. The molecule has 90 valence electrons. The summed E-state index contributed by atoms with van der Waals surface area (Å²) in [4.78, 5) is 14.4. The molecule has 1 saturated carbocycles. The van der Waals surface area contributed by atoms with Crippen LogP contribution in [0.4, 0.5) is 0 Å². The number of amides is 1. The van der Waals surface area contributed by atoms with Crippen LogP contribution in [0.2, 0.25) is 5.02 Å². The van der Waals surface area contributed by atoms with Crippen molar-refractivity contribution >= 4 is 33.4 Å². The molecule has 2 aliphatic rings. The van der Waals surface area contributed by atoms with Crippen LogP contribution in [0.1, 0.15) is 29.6 Å². The zero-order valence-corrected chi connectivity index (χ0v) is 11.7. The summed E-state index contributed by atoms with van der Waals surface area (Å²) >= 11 is 9.35. The van der Waals surface area contributed by atoms with E-state index in [1.54, 1.807) is 12.1 Å². The van der Waals surface area contributed by atoms with Crippen LogP contribution < -0.4 is 0 Å². The highest BCUT2D eigenvalue weighted by molar-refractivity contribution is 9.10. The van der Waals surface area contributed by atoms with Crippen molar-refractivity contribution in [3.05, 3.63) is 33.3 Å². The van der Waals surface area contributed by atoms with Crippen LogP contribution in [0.25, 0.3) is 0 Å². The van der Waals surface area contributed by atoms with Crippen LogP contribution in [-0.4, -0.2) is 23.4 Å². The maximum absolute atomic E-state index is 12.4. The van der Waals surface area contributed by atoms with Crippen molar-refractivity contribution in [3.8, 4) is 0 Å². The molecule has 4 heteroatoms. The van der Waals surface area contributed by atoms with Gasteiger partial charge in [0.2, 0.25) is 0 Å². The lowest BCUT2D eigenvalue weighted by atomic mass is 10.1. The fraction of sp³-hybridized carbons (Fsp3) is 0.462. The molecule has 3 rings (SSSR count). The number of hydrogen-bond donors (Lipinski definition) is 0. The van der Waals surface area contributed by atoms with Crippen molar-refractivity contribution in [3.63, 3.8) is 0 Å². The summed E-state index contributed by atoms with van der Waals surface area (Å²) in [6, 6.07) is 5.86. The lowest BCUT2D eigenvalue weighted by Gasteiger charge is -2.27. The Labute approximate surface area is 114 Å². The number of hydrogen-bond acceptors (Lipinski definition) is 1. The molecule has 1 aromatic carbocycles. The number of benzene rings is 1. The summed E-state index contributed by atoms with van der Waals surface area (Å²) in [5.41, 5.74) is 0.692. The number of piperidine rings is 1. The van der Waals surface area contributed by atoms with Crippen LogP contribution in [0.15, 0.2) is 22.7 Å². The minimum Gasteiger partial charge on any atom is -0.335 e. The molecule has 0 aromatic heterocycles. The van der Waals surface area contributed by atoms with E-state index >= 15 is 0 Å². The van der Waals surface area contributed by atoms with Gasteiger partial charge in [-0.3, -0.25) is 4.79 Å². The quantitative estimate of drug-likeness (QED) is 0.773. The van der Waals surface area contributed by atoms with E-state index in [-0.39, 0.29) is 5.91 Å². The van der Waals surface area contributed by atoms with Gasteiger partial charge in [0.25, 0.3) is 5.91 Å². The third-order valence-electron chi connectivity index (χ3n) is 3.78. The van der Waals surface area contributed by atoms with Gasteiger partial charge in [-0.2, -0.15) is 0 Å². The number of carbonyl (C=O) groups is 1. The molecule has 2 bridgehead atoms. The molecule has 2 nitrogen and oxygen atoms in total. The Morgan fingerprint density at radius 3 is 2.76 bits per heavy atom. The first-order valence-corrected chi connectivity index (χ1v) is 7.07. The van der Waals surface area contributed by atoms with Crippen molar-refractivity contribution in [1.82, 2.24) is 4.90 Å². The summed E-state index contributed by atoms with van der Waals surface area (Å²) in [7, 11) is 0. The summed E-state index contributed by atoms with van der Waals surface area (Å²) in [6.07, 6.45) is 3.64. The van der Waals surface area contributed by atoms with Crippen LogP contribution in [0.5, 0.6) is 0 Å². The van der Waals surface area contributed by atoms with E-state index in [0.29, 0.717) is 16.6 Å². The molecule has 2 atom stereocenters. The summed E-state index contributed by atoms with van der Waals surface area (Å²) in [5, 5.41) is 0.604. The third kappa shape index (κ3) is 2.11. The molecule has 17 heavy (non-hydrogen) atoms. The number of nitrogens with zero attached hydrogens (tertiary/aromatic N) is 1. The van der Waals surface area contributed by atoms with Gasteiger partial charge in [-0.15, -0.1) is 0 Å². The number of halogens is 2. The second kappa shape index (κ2) is 4.29. The Morgan fingerprint density at radius 2 is 2.18 bits per heavy atom. The molecule has 0 N–H and O–H groups in total. The van der Waals surface area contributed by atoms with Crippen molar-refractivity contribution in [1.29, 1.82) is 0 Å². The minimum absolute atomic E-state index is 0.125. The first-order chi connectivity index (χ1) is 8.13. The molecule has 1 aliphatic carbocycles. The molecule has 1 heterocycles. The van der Waals surface area contributed by atoms with Gasteiger partial charge in [-0.05, 0) is 43.4 Å². The van der Waals surface area contributed by atoms with Gasteiger partial charge < -0.3 is 4.90 Å². The van der Waals surface area contributed by atoms with Gasteiger partial charge in [-0.1, -0.05) is 27.5 Å². The van der Waals surface area contributed by atoms with E-state index in [4.69, 9.17) is 11.6 Å². The van der Waals surface area contributed by atoms with E-state index in [0.717, 1.165) is 23.4 Å².